The average molecular weight is 1470 g/mol. The van der Waals surface area contributed by atoms with Gasteiger partial charge >= 0.3 is 60.2 Å². The number of aliphatic imine (C=N–C) groups is 5. The molecule has 4 saturated carbocycles. The molecule has 0 bridgehead atoms. The number of ether oxygens (including phenoxy) is 1. The number of allylic oxidation sites excluding steroid dienone is 2. The summed E-state index contributed by atoms with van der Waals surface area (Å²) in [5, 5.41) is 164. The fraction of sp³-hybridized carbons (Fsp3) is 0.721. The number of carboxylic acids is 7. The zero-order valence-corrected chi connectivity index (χ0v) is 57.2. The normalized spacial score (nSPS) is 23.8. The molecule has 0 amide bonds. The molecule has 41 heteroatoms. The highest BCUT2D eigenvalue weighted by atomic mass is 16.5. The molecule has 8 unspecified atom stereocenters. The second kappa shape index (κ2) is 61.2. The van der Waals surface area contributed by atoms with Crippen molar-refractivity contribution in [2.24, 2.45) is 60.3 Å². The van der Waals surface area contributed by atoms with Crippen LogP contribution in [-0.4, -0.2) is 331 Å². The molecule has 41 nitrogen and oxygen atoms in total. The number of nitrogens with two attached hydrogens (primary N) is 1. The number of rotatable bonds is 28. The van der Waals surface area contributed by atoms with Gasteiger partial charge in [0, 0.05) is 77.9 Å². The first-order valence-electron chi connectivity index (χ1n) is 31.7. The first-order valence-corrected chi connectivity index (χ1v) is 31.7. The van der Waals surface area contributed by atoms with E-state index < -0.39 is 105 Å². The second-order valence-corrected chi connectivity index (χ2v) is 22.1. The largest absolute Gasteiger partial charge is 0.493 e. The molecule has 5 aliphatic rings. The fourth-order valence-electron chi connectivity index (χ4n) is 10.9. The molecule has 5 aliphatic carbocycles. The van der Waals surface area contributed by atoms with Crippen LogP contribution >= 0.6 is 0 Å². The Hall–Kier alpha value is -8.44. The molecule has 102 heavy (non-hydrogen) atoms. The Labute approximate surface area is 586 Å². The van der Waals surface area contributed by atoms with Gasteiger partial charge < -0.3 is 119 Å². The third-order valence-electron chi connectivity index (χ3n) is 15.8. The van der Waals surface area contributed by atoms with Crippen LogP contribution in [-0.2, 0) is 67.1 Å². The summed E-state index contributed by atoms with van der Waals surface area (Å²) < 4.78 is 5.19. The Morgan fingerprint density at radius 3 is 1.08 bits per heavy atom. The molecule has 0 spiro atoms. The molecule has 0 aromatic heterocycles. The van der Waals surface area contributed by atoms with Crippen LogP contribution in [0, 0.1) is 29.6 Å². The topological polar surface area (TPSA) is 711 Å². The number of carboxylic acid groups (broad SMARTS) is 7. The van der Waals surface area contributed by atoms with Gasteiger partial charge in [-0.3, -0.25) is 34.6 Å². The minimum atomic E-state index is -1.18. The zero-order valence-electron chi connectivity index (χ0n) is 57.2. The summed E-state index contributed by atoms with van der Waals surface area (Å²) in [7, 11) is 6.81. The van der Waals surface area contributed by atoms with E-state index in [9.17, 15) is 59.1 Å². The Balaban J connectivity index is -0.000000561. The number of carbonyl (C=O) groups is 7. The minimum Gasteiger partial charge on any atom is -0.493 e. The molecule has 4 fully saturated rings. The van der Waals surface area contributed by atoms with E-state index in [0.29, 0.717) is 79.2 Å². The lowest BCUT2D eigenvalue weighted by Gasteiger charge is -2.32. The van der Waals surface area contributed by atoms with Crippen molar-refractivity contribution in [3.8, 4) is 0 Å². The maximum atomic E-state index is 10.9. The van der Waals surface area contributed by atoms with E-state index in [0.717, 1.165) is 57.1 Å². The van der Waals surface area contributed by atoms with E-state index in [1.54, 1.807) is 7.05 Å². The number of nitrogens with zero attached hydrogens (tertiary/aromatic N) is 5. The molecule has 0 heterocycles. The SMILES string of the molecule is CNC1C(=N[C@@H](CO)C(=O)O)CCCC1CO.CNC1CCCC(=N[C@@H](CO)C(=O)O)C1CO.CNC1CCCC(=N[C@@H](CO)C(=O)O)C1CO.COC1=C(N[C@H](CO)C(=O)O)CCCC1=NCC(=O)O.NCC(=O)O.O=C(O)[C@H](CO)N=C1CCCC(CO)C1CO.O=C=O.O=C=O.O=C=O. The standard InChI is InChI=1S/C12H18N2O6.3C11H20N2O4.C11H19NO5.C2H5NO2.3CO2/c1-20-11-7(13-5-10(16)17)3-2-4-8(11)14-9(6-15)12(18)19;2*1-12-8-3-2-4-9(7(8)5-14)13-10(6-15)11(16)17;1-12-10-7(5-14)3-2-4-8(10)13-9(6-15)11(16)17;13-4-7-2-1-3-9(8(7)5-14)12-10(6-15)11(16)17;3-1-2(4)5;3*2-1-3/h9,14-15H,2-6H2,1H3,(H,16,17)(H,18,19);2*7-8,10,12,14-15H,2-6H2,1H3,(H,16,17);7,9-10,12,14-15H,2-6H2,1H3,(H,16,17);7-8,10,13-15H,1-6H2,(H,16,17);1,3H2,(H,4,5);;;/t9-;2*7?,8?,10-;7?,9-,10?;7?,8?,10-;;;;/m10000..../s1. The van der Waals surface area contributed by atoms with Gasteiger partial charge in [0.05, 0.1) is 77.9 Å². The molecular weight excluding hydrogens is 1370 g/mol. The fourth-order valence-corrected chi connectivity index (χ4v) is 10.9. The molecule has 13 atom stereocenters. The van der Waals surface area contributed by atoms with Gasteiger partial charge in [-0.05, 0) is 123 Å². The van der Waals surface area contributed by atoms with Crippen molar-refractivity contribution in [1.29, 1.82) is 0 Å². The molecule has 0 aliphatic heterocycles. The third-order valence-corrected chi connectivity index (χ3v) is 15.8. The molecular formula is C61H102N10O31. The highest BCUT2D eigenvalue weighted by Gasteiger charge is 2.34. The number of aliphatic hydroxyl groups excluding tert-OH is 10. The first-order chi connectivity index (χ1) is 48.5. The van der Waals surface area contributed by atoms with Crippen LogP contribution in [0.4, 0.5) is 0 Å². The Kier molecular flexibility index (Phi) is 60.0. The van der Waals surface area contributed by atoms with E-state index in [-0.39, 0.29) is 112 Å². The predicted molar refractivity (Wildman–Crippen MR) is 352 cm³/mol. The zero-order chi connectivity index (χ0) is 78.9. The Morgan fingerprint density at radius 2 is 0.794 bits per heavy atom. The number of hydrogen-bond donors (Lipinski definition) is 22. The number of hydrogen-bond acceptors (Lipinski definition) is 34. The van der Waals surface area contributed by atoms with Gasteiger partial charge in [-0.1, -0.05) is 0 Å². The number of aliphatic carboxylic acids is 7. The lowest BCUT2D eigenvalue weighted by molar-refractivity contribution is -0.193. The Morgan fingerprint density at radius 1 is 0.451 bits per heavy atom. The van der Waals surface area contributed by atoms with Crippen molar-refractivity contribution < 1.29 is 154 Å². The quantitative estimate of drug-likeness (QED) is 0.0347. The molecule has 0 saturated heterocycles. The maximum absolute atomic E-state index is 10.9. The number of methoxy groups -OCH3 is 1. The molecule has 23 N–H and O–H groups in total. The molecule has 0 aromatic carbocycles. The van der Waals surface area contributed by atoms with E-state index in [1.807, 2.05) is 14.1 Å². The minimum absolute atomic E-state index is 0.0406. The van der Waals surface area contributed by atoms with Crippen LogP contribution in [0.3, 0.4) is 0 Å². The van der Waals surface area contributed by atoms with Crippen molar-refractivity contribution in [2.45, 2.75) is 145 Å². The van der Waals surface area contributed by atoms with Gasteiger partial charge in [0.25, 0.3) is 0 Å². The van der Waals surface area contributed by atoms with Gasteiger partial charge in [-0.15, -0.1) is 0 Å². The summed E-state index contributed by atoms with van der Waals surface area (Å²) in [6, 6.07) is -5.48. The summed E-state index contributed by atoms with van der Waals surface area (Å²) in [4.78, 5) is 143. The second-order valence-electron chi connectivity index (χ2n) is 22.1. The maximum Gasteiger partial charge on any atom is 0.373 e. The van der Waals surface area contributed by atoms with Crippen LogP contribution in [0.15, 0.2) is 36.4 Å². The van der Waals surface area contributed by atoms with E-state index >= 15 is 0 Å². The van der Waals surface area contributed by atoms with Gasteiger partial charge in [0.2, 0.25) is 0 Å². The Bertz CT molecular complexity index is 2510. The van der Waals surface area contributed by atoms with Gasteiger partial charge in [-0.25, -0.2) is 24.0 Å². The summed E-state index contributed by atoms with van der Waals surface area (Å²) in [5.74, 6) is -8.00. The van der Waals surface area contributed by atoms with Crippen molar-refractivity contribution in [2.75, 3.05) is 107 Å². The number of carbonyl (C=O) groups excluding carboxylic acids is 6. The highest BCUT2D eigenvalue weighted by molar-refractivity contribution is 6.00. The van der Waals surface area contributed by atoms with Crippen molar-refractivity contribution in [3.05, 3.63) is 11.5 Å². The van der Waals surface area contributed by atoms with Gasteiger partial charge in [-0.2, -0.15) is 28.8 Å². The molecule has 582 valence electrons. The van der Waals surface area contributed by atoms with Gasteiger partial charge in [0.15, 0.2) is 29.9 Å². The van der Waals surface area contributed by atoms with E-state index in [2.05, 4.69) is 52.0 Å². The first kappa shape index (κ1) is 99.9. The van der Waals surface area contributed by atoms with E-state index in [1.165, 1.54) is 7.11 Å². The summed E-state index contributed by atoms with van der Waals surface area (Å²) in [6.07, 6.45) is 12.4. The molecule has 0 aromatic rings. The van der Waals surface area contributed by atoms with Crippen LogP contribution in [0.5, 0.6) is 0 Å². The summed E-state index contributed by atoms with van der Waals surface area (Å²) in [5.41, 5.74) is 8.30. The van der Waals surface area contributed by atoms with Crippen molar-refractivity contribution in [1.82, 2.24) is 21.3 Å². The lowest BCUT2D eigenvalue weighted by Crippen LogP contribution is -2.46. The van der Waals surface area contributed by atoms with Crippen LogP contribution in [0.25, 0.3) is 0 Å². The summed E-state index contributed by atoms with van der Waals surface area (Å²) in [6.45, 7) is -3.52. The summed E-state index contributed by atoms with van der Waals surface area (Å²) >= 11 is 0. The molecule has 0 radical (unpaired) electrons. The number of aliphatic hydroxyl groups is 10. The van der Waals surface area contributed by atoms with Crippen LogP contribution in [0.2, 0.25) is 0 Å². The highest BCUT2D eigenvalue weighted by Crippen LogP contribution is 2.29. The van der Waals surface area contributed by atoms with Crippen LogP contribution < -0.4 is 27.0 Å². The van der Waals surface area contributed by atoms with Crippen molar-refractivity contribution in [3.63, 3.8) is 0 Å². The molecule has 5 rings (SSSR count). The smallest absolute Gasteiger partial charge is 0.373 e. The third kappa shape index (κ3) is 40.3. The monoisotopic (exact) mass is 1470 g/mol. The number of nitrogens with one attached hydrogen (secondary N) is 4. The lowest BCUT2D eigenvalue weighted by atomic mass is 9.78. The van der Waals surface area contributed by atoms with Gasteiger partial charge in [0.1, 0.15) is 12.6 Å². The van der Waals surface area contributed by atoms with Crippen LogP contribution in [0.1, 0.15) is 96.3 Å². The van der Waals surface area contributed by atoms with Crippen molar-refractivity contribution >= 4 is 88.8 Å². The predicted octanol–water partition coefficient (Wildman–Crippen LogP) is -6.10. The van der Waals surface area contributed by atoms with E-state index in [4.69, 9.17) is 94.8 Å². The average Bonchev–Trinajstić information content (AvgIpc) is 0.916.